The van der Waals surface area contributed by atoms with Gasteiger partial charge in [0.1, 0.15) is 0 Å². The number of rotatable bonds is 7. The number of nitriles is 1. The number of benzene rings is 1. The van der Waals surface area contributed by atoms with E-state index in [0.717, 1.165) is 18.4 Å². The van der Waals surface area contributed by atoms with E-state index in [1.54, 1.807) is 12.1 Å². The molecule has 0 unspecified atom stereocenters. The number of sulfonamides is 1. The van der Waals surface area contributed by atoms with E-state index < -0.39 is 16.0 Å². The van der Waals surface area contributed by atoms with Crippen LogP contribution in [0.3, 0.4) is 0 Å². The summed E-state index contributed by atoms with van der Waals surface area (Å²) in [7, 11) is -3.68. The van der Waals surface area contributed by atoms with Gasteiger partial charge in [-0.25, -0.2) is 8.42 Å². The summed E-state index contributed by atoms with van der Waals surface area (Å²) in [5.74, 6) is -1.01. The van der Waals surface area contributed by atoms with E-state index in [9.17, 15) is 13.2 Å². The van der Waals surface area contributed by atoms with E-state index in [1.807, 2.05) is 6.07 Å². The van der Waals surface area contributed by atoms with Crippen LogP contribution in [0.25, 0.3) is 0 Å². The number of carbonyl (C=O) groups is 1. The molecule has 0 atom stereocenters. The third-order valence-electron chi connectivity index (χ3n) is 3.31. The van der Waals surface area contributed by atoms with Gasteiger partial charge in [0.15, 0.2) is 0 Å². The van der Waals surface area contributed by atoms with Crippen molar-refractivity contribution in [2.45, 2.75) is 36.6 Å². The van der Waals surface area contributed by atoms with Crippen LogP contribution in [-0.2, 0) is 21.2 Å². The molecule has 0 spiro atoms. The van der Waals surface area contributed by atoms with Crippen molar-refractivity contribution < 1.29 is 18.3 Å². The zero-order valence-corrected chi connectivity index (χ0v) is 12.2. The Balaban J connectivity index is 2.21. The summed E-state index contributed by atoms with van der Waals surface area (Å²) in [6, 6.07) is 8.07. The third kappa shape index (κ3) is 3.80. The molecule has 0 aliphatic heterocycles. The molecule has 0 amide bonds. The maximum absolute atomic E-state index is 12.6. The van der Waals surface area contributed by atoms with Crippen LogP contribution in [0.15, 0.2) is 29.2 Å². The number of aliphatic carboxylic acids is 1. The van der Waals surface area contributed by atoms with Gasteiger partial charge in [0, 0.05) is 12.6 Å². The molecule has 21 heavy (non-hydrogen) atoms. The smallest absolute Gasteiger partial charge is 0.304 e. The largest absolute Gasteiger partial charge is 0.481 e. The van der Waals surface area contributed by atoms with Crippen LogP contribution in [0.5, 0.6) is 0 Å². The molecule has 1 aromatic carbocycles. The van der Waals surface area contributed by atoms with Gasteiger partial charge >= 0.3 is 5.97 Å². The fourth-order valence-corrected chi connectivity index (χ4v) is 3.76. The molecule has 6 nitrogen and oxygen atoms in total. The van der Waals surface area contributed by atoms with Gasteiger partial charge < -0.3 is 5.11 Å². The molecule has 0 aromatic heterocycles. The molecule has 1 saturated carbocycles. The van der Waals surface area contributed by atoms with Crippen molar-refractivity contribution in [3.63, 3.8) is 0 Å². The molecular weight excluding hydrogens is 292 g/mol. The van der Waals surface area contributed by atoms with Crippen LogP contribution >= 0.6 is 0 Å². The fraction of sp³-hybridized carbons (Fsp3) is 0.429. The second kappa shape index (κ2) is 6.24. The highest BCUT2D eigenvalue weighted by molar-refractivity contribution is 7.89. The lowest BCUT2D eigenvalue weighted by Crippen LogP contribution is -2.35. The minimum absolute atomic E-state index is 0.0116. The standard InChI is InChI=1S/C14H16N2O4S/c15-9-7-11-1-5-13(6-2-11)21(19,20)16(12-3-4-12)10-8-14(17)18/h1-2,5-6,12H,3-4,7-8,10H2,(H,17,18). The van der Waals surface area contributed by atoms with E-state index in [1.165, 1.54) is 16.4 Å². The molecule has 0 heterocycles. The van der Waals surface area contributed by atoms with Crippen molar-refractivity contribution in [1.82, 2.24) is 4.31 Å². The zero-order chi connectivity index (χ0) is 15.5. The molecule has 0 bridgehead atoms. The predicted octanol–water partition coefficient (Wildman–Crippen LogP) is 1.38. The monoisotopic (exact) mass is 308 g/mol. The third-order valence-corrected chi connectivity index (χ3v) is 5.28. The lowest BCUT2D eigenvalue weighted by atomic mass is 10.2. The Morgan fingerprint density at radius 1 is 1.33 bits per heavy atom. The van der Waals surface area contributed by atoms with Crippen LogP contribution in [0.4, 0.5) is 0 Å². The molecular formula is C14H16N2O4S. The molecule has 2 rings (SSSR count). The Labute approximate surface area is 123 Å². The first-order valence-corrected chi connectivity index (χ1v) is 8.08. The molecule has 7 heteroatoms. The second-order valence-corrected chi connectivity index (χ2v) is 6.86. The minimum Gasteiger partial charge on any atom is -0.481 e. The SMILES string of the molecule is N#CCc1ccc(S(=O)(=O)N(CCC(=O)O)C2CC2)cc1. The Morgan fingerprint density at radius 3 is 2.43 bits per heavy atom. The Hall–Kier alpha value is -1.91. The molecule has 1 fully saturated rings. The maximum atomic E-state index is 12.6. The first kappa shape index (κ1) is 15.5. The average molecular weight is 308 g/mol. The van der Waals surface area contributed by atoms with Crippen molar-refractivity contribution in [2.75, 3.05) is 6.54 Å². The summed E-state index contributed by atoms with van der Waals surface area (Å²) in [6.45, 7) is -0.0116. The zero-order valence-electron chi connectivity index (χ0n) is 11.4. The Bertz CT molecular complexity index is 657. The van der Waals surface area contributed by atoms with E-state index >= 15 is 0 Å². The van der Waals surface area contributed by atoms with Gasteiger partial charge in [0.05, 0.1) is 23.8 Å². The van der Waals surface area contributed by atoms with Crippen molar-refractivity contribution in [1.29, 1.82) is 5.26 Å². The van der Waals surface area contributed by atoms with Crippen molar-refractivity contribution >= 4 is 16.0 Å². The number of hydrogen-bond donors (Lipinski definition) is 1. The van der Waals surface area contributed by atoms with Gasteiger partial charge in [-0.15, -0.1) is 0 Å². The first-order chi connectivity index (χ1) is 9.95. The van der Waals surface area contributed by atoms with Crippen LogP contribution in [0.2, 0.25) is 0 Å². The topological polar surface area (TPSA) is 98.5 Å². The molecule has 1 aliphatic carbocycles. The maximum Gasteiger partial charge on any atom is 0.304 e. The van der Waals surface area contributed by atoms with Gasteiger partial charge in [-0.2, -0.15) is 9.57 Å². The summed E-state index contributed by atoms with van der Waals surface area (Å²) in [5.41, 5.74) is 0.750. The molecule has 1 aliphatic rings. The van der Waals surface area contributed by atoms with Gasteiger partial charge in [-0.1, -0.05) is 12.1 Å². The number of hydrogen-bond acceptors (Lipinski definition) is 4. The van der Waals surface area contributed by atoms with Gasteiger partial charge in [0.25, 0.3) is 0 Å². The Kier molecular flexibility index (Phi) is 4.60. The molecule has 112 valence electrons. The molecule has 1 N–H and O–H groups in total. The normalized spacial score (nSPS) is 14.9. The molecule has 0 saturated heterocycles. The summed E-state index contributed by atoms with van der Waals surface area (Å²) >= 11 is 0. The summed E-state index contributed by atoms with van der Waals surface area (Å²) in [5, 5.41) is 17.4. The predicted molar refractivity (Wildman–Crippen MR) is 74.9 cm³/mol. The van der Waals surface area contributed by atoms with Crippen LogP contribution in [0.1, 0.15) is 24.8 Å². The summed E-state index contributed by atoms with van der Waals surface area (Å²) in [4.78, 5) is 10.8. The highest BCUT2D eigenvalue weighted by Crippen LogP contribution is 2.32. The van der Waals surface area contributed by atoms with Crippen LogP contribution in [-0.4, -0.2) is 36.4 Å². The molecule has 1 aromatic rings. The highest BCUT2D eigenvalue weighted by Gasteiger charge is 2.38. The lowest BCUT2D eigenvalue weighted by molar-refractivity contribution is -0.137. The van der Waals surface area contributed by atoms with Crippen LogP contribution < -0.4 is 0 Å². The number of carboxylic acids is 1. The Morgan fingerprint density at radius 2 is 1.95 bits per heavy atom. The van der Waals surface area contributed by atoms with Crippen LogP contribution in [0, 0.1) is 11.3 Å². The second-order valence-electron chi connectivity index (χ2n) is 4.97. The van der Waals surface area contributed by atoms with Crippen molar-refractivity contribution in [3.8, 4) is 6.07 Å². The van der Waals surface area contributed by atoms with Gasteiger partial charge in [-0.3, -0.25) is 4.79 Å². The first-order valence-electron chi connectivity index (χ1n) is 6.64. The fourth-order valence-electron chi connectivity index (χ4n) is 2.07. The van der Waals surface area contributed by atoms with Crippen molar-refractivity contribution in [3.05, 3.63) is 29.8 Å². The quantitative estimate of drug-likeness (QED) is 0.820. The van der Waals surface area contributed by atoms with Gasteiger partial charge in [0.2, 0.25) is 10.0 Å². The van der Waals surface area contributed by atoms with Gasteiger partial charge in [-0.05, 0) is 30.5 Å². The summed E-state index contributed by atoms with van der Waals surface area (Å²) in [6.07, 6.45) is 1.56. The van der Waals surface area contributed by atoms with E-state index in [2.05, 4.69) is 0 Å². The average Bonchev–Trinajstić information content (AvgIpc) is 3.24. The van der Waals surface area contributed by atoms with E-state index in [4.69, 9.17) is 10.4 Å². The lowest BCUT2D eigenvalue weighted by Gasteiger charge is -2.21. The number of nitrogens with zero attached hydrogens (tertiary/aromatic N) is 2. The minimum atomic E-state index is -3.68. The van der Waals surface area contributed by atoms with E-state index in [0.29, 0.717) is 0 Å². The van der Waals surface area contributed by atoms with Crippen molar-refractivity contribution in [2.24, 2.45) is 0 Å². The summed E-state index contributed by atoms with van der Waals surface area (Å²) < 4.78 is 26.4. The highest BCUT2D eigenvalue weighted by atomic mass is 32.2. The molecule has 0 radical (unpaired) electrons. The van der Waals surface area contributed by atoms with E-state index in [-0.39, 0.29) is 30.3 Å². The number of carboxylic acid groups (broad SMARTS) is 1.